The molecule has 62 valence electrons. The molecule has 3 N–H and O–H groups in total. The molecule has 0 spiro atoms. The van der Waals surface area contributed by atoms with Gasteiger partial charge in [-0.2, -0.15) is 11.3 Å². The zero-order chi connectivity index (χ0) is 7.94. The third-order valence-electron chi connectivity index (χ3n) is 1.47. The molecule has 0 aliphatic carbocycles. The molecule has 0 aliphatic rings. The number of hydrogen-bond donors (Lipinski definition) is 2. The Morgan fingerprint density at radius 3 is 3.09 bits per heavy atom. The summed E-state index contributed by atoms with van der Waals surface area (Å²) in [6.45, 7) is 2.77. The van der Waals surface area contributed by atoms with Crippen molar-refractivity contribution >= 4 is 11.3 Å². The van der Waals surface area contributed by atoms with Gasteiger partial charge in [-0.1, -0.05) is 0 Å². The number of nitrogens with two attached hydrogens (primary N) is 1. The largest absolute Gasteiger partial charge is 0.330 e. The maximum absolute atomic E-state index is 5.35. The molecule has 1 aromatic rings. The van der Waals surface area contributed by atoms with Gasteiger partial charge in [0.05, 0.1) is 0 Å². The van der Waals surface area contributed by atoms with Crippen LogP contribution in [-0.4, -0.2) is 13.1 Å². The highest BCUT2D eigenvalue weighted by atomic mass is 32.1. The first-order valence-electron chi connectivity index (χ1n) is 3.85. The first kappa shape index (κ1) is 8.71. The monoisotopic (exact) mass is 170 g/mol. The van der Waals surface area contributed by atoms with Crippen LogP contribution in [0.15, 0.2) is 16.8 Å². The van der Waals surface area contributed by atoms with Crippen LogP contribution in [0.1, 0.15) is 12.0 Å². The van der Waals surface area contributed by atoms with Crippen molar-refractivity contribution in [2.24, 2.45) is 5.73 Å². The highest BCUT2D eigenvalue weighted by molar-refractivity contribution is 7.07. The van der Waals surface area contributed by atoms with Crippen LogP contribution in [0.2, 0.25) is 0 Å². The highest BCUT2D eigenvalue weighted by Crippen LogP contribution is 2.04. The second-order valence-electron chi connectivity index (χ2n) is 2.45. The molecule has 2 nitrogen and oxygen atoms in total. The van der Waals surface area contributed by atoms with Gasteiger partial charge < -0.3 is 11.1 Å². The van der Waals surface area contributed by atoms with Gasteiger partial charge in [-0.15, -0.1) is 0 Å². The van der Waals surface area contributed by atoms with E-state index in [1.165, 1.54) is 5.56 Å². The lowest BCUT2D eigenvalue weighted by atomic mass is 10.3. The zero-order valence-electron chi connectivity index (χ0n) is 6.55. The van der Waals surface area contributed by atoms with E-state index >= 15 is 0 Å². The minimum Gasteiger partial charge on any atom is -0.330 e. The standard InChI is InChI=1S/C8H14N2S/c9-3-1-4-10-6-8-2-5-11-7-8/h2,5,7,10H,1,3-4,6,9H2. The van der Waals surface area contributed by atoms with Crippen LogP contribution in [-0.2, 0) is 6.54 Å². The van der Waals surface area contributed by atoms with Crippen LogP contribution in [0.5, 0.6) is 0 Å². The molecule has 0 saturated heterocycles. The van der Waals surface area contributed by atoms with Crippen molar-refractivity contribution in [3.8, 4) is 0 Å². The fraction of sp³-hybridized carbons (Fsp3) is 0.500. The molecule has 0 amide bonds. The van der Waals surface area contributed by atoms with Crippen LogP contribution in [0.3, 0.4) is 0 Å². The number of thiophene rings is 1. The van der Waals surface area contributed by atoms with Gasteiger partial charge in [0, 0.05) is 6.54 Å². The third kappa shape index (κ3) is 3.51. The predicted molar refractivity (Wildman–Crippen MR) is 49.7 cm³/mol. The summed E-state index contributed by atoms with van der Waals surface area (Å²) in [5.41, 5.74) is 6.72. The summed E-state index contributed by atoms with van der Waals surface area (Å²) < 4.78 is 0. The SMILES string of the molecule is NCCCNCc1ccsc1. The number of rotatable bonds is 5. The van der Waals surface area contributed by atoms with Gasteiger partial charge in [-0.25, -0.2) is 0 Å². The molecular weight excluding hydrogens is 156 g/mol. The van der Waals surface area contributed by atoms with Gasteiger partial charge in [0.2, 0.25) is 0 Å². The molecule has 1 rings (SSSR count). The molecule has 0 atom stereocenters. The predicted octanol–water partition coefficient (Wildman–Crippen LogP) is 1.19. The molecule has 1 aromatic heterocycles. The van der Waals surface area contributed by atoms with Gasteiger partial charge in [0.1, 0.15) is 0 Å². The van der Waals surface area contributed by atoms with E-state index < -0.39 is 0 Å². The minimum atomic E-state index is 0.774. The minimum absolute atomic E-state index is 0.774. The van der Waals surface area contributed by atoms with Crippen LogP contribution < -0.4 is 11.1 Å². The molecule has 0 aromatic carbocycles. The number of hydrogen-bond acceptors (Lipinski definition) is 3. The topological polar surface area (TPSA) is 38.0 Å². The maximum Gasteiger partial charge on any atom is 0.0213 e. The van der Waals surface area contributed by atoms with Gasteiger partial charge in [0.25, 0.3) is 0 Å². The van der Waals surface area contributed by atoms with Crippen molar-refractivity contribution in [3.63, 3.8) is 0 Å². The molecule has 1 heterocycles. The van der Waals surface area contributed by atoms with Crippen molar-refractivity contribution in [1.29, 1.82) is 0 Å². The molecule has 0 fully saturated rings. The second-order valence-corrected chi connectivity index (χ2v) is 3.23. The lowest BCUT2D eigenvalue weighted by molar-refractivity contribution is 0.656. The Labute approximate surface area is 71.4 Å². The molecule has 0 unspecified atom stereocenters. The Kier molecular flexibility index (Phi) is 4.19. The molecule has 0 aliphatic heterocycles. The summed E-state index contributed by atoms with van der Waals surface area (Å²) in [5, 5.41) is 7.57. The van der Waals surface area contributed by atoms with Gasteiger partial charge in [0.15, 0.2) is 0 Å². The summed E-state index contributed by atoms with van der Waals surface area (Å²) in [5.74, 6) is 0. The first-order chi connectivity index (χ1) is 5.43. The van der Waals surface area contributed by atoms with Crippen molar-refractivity contribution in [2.75, 3.05) is 13.1 Å². The lowest BCUT2D eigenvalue weighted by Gasteiger charge is -2.00. The molecular formula is C8H14N2S. The fourth-order valence-corrected chi connectivity index (χ4v) is 1.52. The second kappa shape index (κ2) is 5.29. The number of nitrogens with one attached hydrogen (secondary N) is 1. The van der Waals surface area contributed by atoms with Crippen molar-refractivity contribution in [3.05, 3.63) is 22.4 Å². The Bertz CT molecular complexity index is 172. The van der Waals surface area contributed by atoms with Crippen molar-refractivity contribution < 1.29 is 0 Å². The van der Waals surface area contributed by atoms with E-state index in [4.69, 9.17) is 5.73 Å². The highest BCUT2D eigenvalue weighted by Gasteiger charge is 1.90. The Morgan fingerprint density at radius 1 is 1.55 bits per heavy atom. The molecule has 11 heavy (non-hydrogen) atoms. The lowest BCUT2D eigenvalue weighted by Crippen LogP contribution is -2.17. The average molecular weight is 170 g/mol. The van der Waals surface area contributed by atoms with Gasteiger partial charge in [-0.05, 0) is 41.9 Å². The summed E-state index contributed by atoms with van der Waals surface area (Å²) in [7, 11) is 0. The van der Waals surface area contributed by atoms with E-state index in [1.807, 2.05) is 0 Å². The van der Waals surface area contributed by atoms with E-state index in [-0.39, 0.29) is 0 Å². The average Bonchev–Trinajstić information content (AvgIpc) is 2.50. The van der Waals surface area contributed by atoms with Gasteiger partial charge in [-0.3, -0.25) is 0 Å². The molecule has 3 heteroatoms. The van der Waals surface area contributed by atoms with Crippen LogP contribution >= 0.6 is 11.3 Å². The fourth-order valence-electron chi connectivity index (χ4n) is 0.853. The summed E-state index contributed by atoms with van der Waals surface area (Å²) >= 11 is 1.74. The summed E-state index contributed by atoms with van der Waals surface area (Å²) in [6.07, 6.45) is 1.06. The Morgan fingerprint density at radius 2 is 2.45 bits per heavy atom. The first-order valence-corrected chi connectivity index (χ1v) is 4.79. The molecule has 0 saturated carbocycles. The van der Waals surface area contributed by atoms with Crippen molar-refractivity contribution in [1.82, 2.24) is 5.32 Å². The van der Waals surface area contributed by atoms with E-state index in [2.05, 4.69) is 22.1 Å². The van der Waals surface area contributed by atoms with E-state index in [9.17, 15) is 0 Å². The van der Waals surface area contributed by atoms with E-state index in [0.29, 0.717) is 0 Å². The van der Waals surface area contributed by atoms with E-state index in [1.54, 1.807) is 11.3 Å². The smallest absolute Gasteiger partial charge is 0.0213 e. The van der Waals surface area contributed by atoms with Crippen LogP contribution in [0.4, 0.5) is 0 Å². The quantitative estimate of drug-likeness (QED) is 0.651. The van der Waals surface area contributed by atoms with E-state index in [0.717, 1.165) is 26.1 Å². The zero-order valence-corrected chi connectivity index (χ0v) is 7.36. The van der Waals surface area contributed by atoms with Crippen LogP contribution in [0.25, 0.3) is 0 Å². The Hall–Kier alpha value is -0.380. The van der Waals surface area contributed by atoms with Gasteiger partial charge >= 0.3 is 0 Å². The maximum atomic E-state index is 5.35. The molecule has 0 radical (unpaired) electrons. The molecule has 0 bridgehead atoms. The summed E-state index contributed by atoms with van der Waals surface area (Å²) in [6, 6.07) is 2.14. The third-order valence-corrected chi connectivity index (χ3v) is 2.20. The Balaban J connectivity index is 2.04. The normalized spacial score (nSPS) is 10.3. The summed E-state index contributed by atoms with van der Waals surface area (Å²) in [4.78, 5) is 0. The van der Waals surface area contributed by atoms with Crippen LogP contribution in [0, 0.1) is 0 Å². The van der Waals surface area contributed by atoms with Crippen molar-refractivity contribution in [2.45, 2.75) is 13.0 Å².